The molecule has 0 spiro atoms. The van der Waals surface area contributed by atoms with Crippen LogP contribution in [0.5, 0.6) is 5.75 Å². The number of hydrogen-bond donors (Lipinski definition) is 1. The van der Waals surface area contributed by atoms with Gasteiger partial charge in [-0.2, -0.15) is 0 Å². The Morgan fingerprint density at radius 3 is 2.75 bits per heavy atom. The molecule has 12 heavy (non-hydrogen) atoms. The maximum absolute atomic E-state index is 11.1. The molecule has 0 aliphatic heterocycles. The molecule has 0 radical (unpaired) electrons. The predicted molar refractivity (Wildman–Crippen MR) is 47.0 cm³/mol. The van der Waals surface area contributed by atoms with Crippen molar-refractivity contribution in [2.75, 3.05) is 0 Å². The Labute approximate surface area is 69.8 Å². The van der Waals surface area contributed by atoms with Crippen LogP contribution in [0.3, 0.4) is 0 Å². The Morgan fingerprint density at radius 1 is 1.33 bits per heavy atom. The van der Waals surface area contributed by atoms with Crippen molar-refractivity contribution in [3.63, 3.8) is 0 Å². The summed E-state index contributed by atoms with van der Waals surface area (Å²) in [5.74, 6) is -0.192. The van der Waals surface area contributed by atoms with Crippen LogP contribution < -0.4 is 5.43 Å². The second kappa shape index (κ2) is 2.48. The normalized spacial score (nSPS) is 13.8. The summed E-state index contributed by atoms with van der Waals surface area (Å²) >= 11 is 0. The fraction of sp³-hybridized carbons (Fsp3) is 0.100. The lowest BCUT2D eigenvalue weighted by molar-refractivity contribution is 0.471. The fourth-order valence-electron chi connectivity index (χ4n) is 1.07. The minimum absolute atomic E-state index is 0.192. The molecule has 1 aliphatic rings. The molecule has 2 rings (SSSR count). The van der Waals surface area contributed by atoms with Gasteiger partial charge in [-0.3, -0.25) is 4.79 Å². The van der Waals surface area contributed by atoms with Crippen molar-refractivity contribution in [1.82, 2.24) is 0 Å². The summed E-state index contributed by atoms with van der Waals surface area (Å²) in [7, 11) is 0. The summed E-state index contributed by atoms with van der Waals surface area (Å²) in [6, 6.07) is 6.40. The van der Waals surface area contributed by atoms with Crippen LogP contribution in [0.2, 0.25) is 0 Å². The first-order chi connectivity index (χ1) is 5.77. The molecule has 2 heteroatoms. The van der Waals surface area contributed by atoms with Crippen LogP contribution in [0.4, 0.5) is 0 Å². The summed E-state index contributed by atoms with van der Waals surface area (Å²) in [5, 5.41) is 9.07. The largest absolute Gasteiger partial charge is 0.504 e. The van der Waals surface area contributed by atoms with E-state index in [2.05, 4.69) is 0 Å². The third-order valence-corrected chi connectivity index (χ3v) is 1.85. The Bertz CT molecular complexity index is 405. The van der Waals surface area contributed by atoms with Gasteiger partial charge in [-0.1, -0.05) is 18.2 Å². The second-order valence-electron chi connectivity index (χ2n) is 2.81. The lowest BCUT2D eigenvalue weighted by atomic mass is 10.2. The summed E-state index contributed by atoms with van der Waals surface area (Å²) < 4.78 is 0. The summed E-state index contributed by atoms with van der Waals surface area (Å²) in [6.07, 6.45) is 3.01. The molecule has 0 saturated heterocycles. The topological polar surface area (TPSA) is 37.3 Å². The first kappa shape index (κ1) is 7.10. The lowest BCUT2D eigenvalue weighted by Gasteiger charge is -1.83. The van der Waals surface area contributed by atoms with Crippen molar-refractivity contribution in [2.24, 2.45) is 0 Å². The van der Waals surface area contributed by atoms with Crippen molar-refractivity contribution in [1.29, 1.82) is 0 Å². The summed E-state index contributed by atoms with van der Waals surface area (Å²) in [4.78, 5) is 11.1. The standard InChI is InChI=1S/C10H8O2/c11-9-3-1-2-8(6-10(9)12)7-4-5-7/h1-4,6H,5H2,(H,11,12). The third-order valence-electron chi connectivity index (χ3n) is 1.85. The number of hydrogen-bond acceptors (Lipinski definition) is 2. The zero-order valence-corrected chi connectivity index (χ0v) is 6.45. The predicted octanol–water partition coefficient (Wildman–Crippen LogP) is 1.54. The van der Waals surface area contributed by atoms with E-state index in [0.717, 1.165) is 12.0 Å². The number of aromatic hydroxyl groups is 1. The van der Waals surface area contributed by atoms with Crippen molar-refractivity contribution < 1.29 is 5.11 Å². The molecule has 1 aromatic rings. The quantitative estimate of drug-likeness (QED) is 0.676. The van der Waals surface area contributed by atoms with E-state index in [9.17, 15) is 4.79 Å². The Balaban J connectivity index is 2.61. The van der Waals surface area contributed by atoms with Gasteiger partial charge >= 0.3 is 0 Å². The van der Waals surface area contributed by atoms with Crippen LogP contribution in [0, 0.1) is 0 Å². The first-order valence-electron chi connectivity index (χ1n) is 3.80. The van der Waals surface area contributed by atoms with E-state index in [1.165, 1.54) is 17.7 Å². The van der Waals surface area contributed by atoms with Gasteiger partial charge in [0.25, 0.3) is 0 Å². The highest BCUT2D eigenvalue weighted by Crippen LogP contribution is 2.29. The zero-order chi connectivity index (χ0) is 8.55. The van der Waals surface area contributed by atoms with Crippen LogP contribution >= 0.6 is 0 Å². The highest BCUT2D eigenvalue weighted by Gasteiger charge is 2.09. The molecular formula is C10H8O2. The summed E-state index contributed by atoms with van der Waals surface area (Å²) in [6.45, 7) is 0. The molecule has 0 bridgehead atoms. The van der Waals surface area contributed by atoms with Gasteiger partial charge in [0.1, 0.15) is 0 Å². The van der Waals surface area contributed by atoms with Gasteiger partial charge in [-0.15, -0.1) is 0 Å². The first-order valence-corrected chi connectivity index (χ1v) is 3.80. The Morgan fingerprint density at radius 2 is 2.08 bits per heavy atom. The van der Waals surface area contributed by atoms with Crippen molar-refractivity contribution in [2.45, 2.75) is 6.42 Å². The molecule has 1 aromatic carbocycles. The maximum Gasteiger partial charge on any atom is 0.220 e. The number of rotatable bonds is 1. The van der Waals surface area contributed by atoms with E-state index in [4.69, 9.17) is 5.11 Å². The van der Waals surface area contributed by atoms with E-state index in [1.807, 2.05) is 12.1 Å². The van der Waals surface area contributed by atoms with E-state index < -0.39 is 0 Å². The van der Waals surface area contributed by atoms with Gasteiger partial charge < -0.3 is 5.11 Å². The van der Waals surface area contributed by atoms with E-state index in [0.29, 0.717) is 0 Å². The summed E-state index contributed by atoms with van der Waals surface area (Å²) in [5.41, 5.74) is 1.78. The van der Waals surface area contributed by atoms with Crippen molar-refractivity contribution in [3.05, 3.63) is 46.1 Å². The highest BCUT2D eigenvalue weighted by atomic mass is 16.3. The van der Waals surface area contributed by atoms with Crippen LogP contribution in [0.15, 0.2) is 35.1 Å². The number of allylic oxidation sites excluding steroid dienone is 2. The molecule has 0 aromatic heterocycles. The molecule has 60 valence electrons. The van der Waals surface area contributed by atoms with Gasteiger partial charge in [0, 0.05) is 0 Å². The van der Waals surface area contributed by atoms with Crippen LogP contribution in [0.25, 0.3) is 5.57 Å². The van der Waals surface area contributed by atoms with Crippen molar-refractivity contribution >= 4 is 5.57 Å². The molecule has 0 fully saturated rings. The molecule has 1 N–H and O–H groups in total. The monoisotopic (exact) mass is 160 g/mol. The highest BCUT2D eigenvalue weighted by molar-refractivity contribution is 5.77. The van der Waals surface area contributed by atoms with Gasteiger partial charge in [-0.05, 0) is 29.7 Å². The second-order valence-corrected chi connectivity index (χ2v) is 2.81. The smallest absolute Gasteiger partial charge is 0.220 e. The SMILES string of the molecule is O=c1cc(C2=CC2)cccc1O. The van der Waals surface area contributed by atoms with Gasteiger partial charge in [0.05, 0.1) is 0 Å². The van der Waals surface area contributed by atoms with E-state index in [-0.39, 0.29) is 11.2 Å². The molecule has 0 atom stereocenters. The maximum atomic E-state index is 11.1. The Kier molecular flexibility index (Phi) is 1.47. The molecule has 0 heterocycles. The van der Waals surface area contributed by atoms with Gasteiger partial charge in [-0.25, -0.2) is 0 Å². The third kappa shape index (κ3) is 1.23. The zero-order valence-electron chi connectivity index (χ0n) is 6.45. The average Bonchev–Trinajstić information content (AvgIpc) is 2.82. The molecular weight excluding hydrogens is 152 g/mol. The van der Waals surface area contributed by atoms with Crippen LogP contribution in [-0.2, 0) is 0 Å². The minimum atomic E-state index is -0.317. The van der Waals surface area contributed by atoms with Crippen molar-refractivity contribution in [3.8, 4) is 5.75 Å². The molecule has 2 nitrogen and oxygen atoms in total. The Hall–Kier alpha value is -1.57. The van der Waals surface area contributed by atoms with E-state index in [1.54, 1.807) is 6.07 Å². The molecule has 0 amide bonds. The molecule has 1 aliphatic carbocycles. The average molecular weight is 160 g/mol. The molecule has 0 saturated carbocycles. The lowest BCUT2D eigenvalue weighted by Crippen LogP contribution is -1.93. The van der Waals surface area contributed by atoms with Crippen LogP contribution in [-0.4, -0.2) is 5.11 Å². The van der Waals surface area contributed by atoms with Gasteiger partial charge in [0.2, 0.25) is 5.43 Å². The fourth-order valence-corrected chi connectivity index (χ4v) is 1.07. The minimum Gasteiger partial charge on any atom is -0.504 e. The molecule has 0 unspecified atom stereocenters. The van der Waals surface area contributed by atoms with Crippen LogP contribution in [0.1, 0.15) is 12.0 Å². The van der Waals surface area contributed by atoms with Gasteiger partial charge in [0.15, 0.2) is 5.75 Å². The van der Waals surface area contributed by atoms with E-state index >= 15 is 0 Å².